The van der Waals surface area contributed by atoms with E-state index in [1.165, 1.54) is 6.07 Å². The Kier molecular flexibility index (Phi) is 5.72. The fourth-order valence-electron chi connectivity index (χ4n) is 4.35. The summed E-state index contributed by atoms with van der Waals surface area (Å²) in [6, 6.07) is 10.3. The fourth-order valence-corrected chi connectivity index (χ4v) is 4.35. The number of para-hydroxylation sites is 1. The fraction of sp³-hybridized carbons (Fsp3) is 0.417. The molecule has 172 valence electrons. The van der Waals surface area contributed by atoms with E-state index in [0.717, 1.165) is 37.7 Å². The molecular weight excluding hydrogens is 420 g/mol. The molecule has 0 aliphatic carbocycles. The number of hydrogen-bond donors (Lipinski definition) is 0. The Hall–Kier alpha value is -3.46. The lowest BCUT2D eigenvalue weighted by atomic mass is 10.2. The van der Waals surface area contributed by atoms with Crippen LogP contribution in [0.3, 0.4) is 0 Å². The number of carbonyl (C=O) groups excluding carboxylic acids is 1. The van der Waals surface area contributed by atoms with E-state index in [1.54, 1.807) is 29.2 Å². The maximum Gasteiger partial charge on any atom is 0.289 e. The summed E-state index contributed by atoms with van der Waals surface area (Å²) in [6.07, 6.45) is 0. The molecule has 0 atom stereocenters. The Morgan fingerprint density at radius 2 is 1.61 bits per heavy atom. The van der Waals surface area contributed by atoms with Crippen molar-refractivity contribution in [1.82, 2.24) is 19.8 Å². The Labute approximate surface area is 192 Å². The van der Waals surface area contributed by atoms with Crippen LogP contribution in [0, 0.1) is 6.92 Å². The van der Waals surface area contributed by atoms with Gasteiger partial charge in [-0.25, -0.2) is 4.98 Å². The Balaban J connectivity index is 1.28. The van der Waals surface area contributed by atoms with Gasteiger partial charge < -0.3 is 24.0 Å². The van der Waals surface area contributed by atoms with Crippen LogP contribution in [0.5, 0.6) is 0 Å². The highest BCUT2D eigenvalue weighted by Gasteiger charge is 2.26. The van der Waals surface area contributed by atoms with E-state index in [-0.39, 0.29) is 17.1 Å². The molecule has 3 aromatic rings. The summed E-state index contributed by atoms with van der Waals surface area (Å²) in [5, 5.41) is 0.478. The van der Waals surface area contributed by atoms with Gasteiger partial charge in [-0.1, -0.05) is 12.1 Å². The Morgan fingerprint density at radius 1 is 0.909 bits per heavy atom. The largest absolute Gasteiger partial charge is 0.451 e. The minimum atomic E-state index is -0.263. The normalized spacial score (nSPS) is 17.6. The molecule has 2 saturated heterocycles. The van der Waals surface area contributed by atoms with E-state index >= 15 is 0 Å². The molecule has 0 unspecified atom stereocenters. The molecule has 0 spiro atoms. The molecule has 2 fully saturated rings. The second kappa shape index (κ2) is 8.82. The summed E-state index contributed by atoms with van der Waals surface area (Å²) in [5.74, 6) is 1.48. The van der Waals surface area contributed by atoms with Crippen molar-refractivity contribution in [3.05, 3.63) is 58.1 Å². The third kappa shape index (κ3) is 4.41. The predicted molar refractivity (Wildman–Crippen MR) is 127 cm³/mol. The van der Waals surface area contributed by atoms with Crippen molar-refractivity contribution in [3.8, 4) is 0 Å². The second-order valence-corrected chi connectivity index (χ2v) is 8.71. The molecule has 9 heteroatoms. The van der Waals surface area contributed by atoms with Gasteiger partial charge in [0.05, 0.1) is 5.39 Å². The summed E-state index contributed by atoms with van der Waals surface area (Å²) in [4.78, 5) is 43.3. The molecule has 2 aliphatic heterocycles. The van der Waals surface area contributed by atoms with Gasteiger partial charge in [0.25, 0.3) is 5.91 Å². The van der Waals surface area contributed by atoms with Crippen molar-refractivity contribution in [2.75, 3.05) is 69.2 Å². The average Bonchev–Trinajstić information content (AvgIpc) is 2.84. The zero-order chi connectivity index (χ0) is 22.9. The molecule has 0 N–H and O–H groups in total. The maximum absolute atomic E-state index is 13.0. The maximum atomic E-state index is 13.0. The van der Waals surface area contributed by atoms with Crippen LogP contribution < -0.4 is 15.2 Å². The van der Waals surface area contributed by atoms with Gasteiger partial charge in [0.2, 0.25) is 5.95 Å². The summed E-state index contributed by atoms with van der Waals surface area (Å²) in [6.45, 7) is 8.19. The van der Waals surface area contributed by atoms with Gasteiger partial charge in [0.15, 0.2) is 11.2 Å². The highest BCUT2D eigenvalue weighted by Crippen LogP contribution is 2.21. The first-order chi connectivity index (χ1) is 16.0. The molecule has 0 saturated carbocycles. The first-order valence-electron chi connectivity index (χ1n) is 11.3. The zero-order valence-corrected chi connectivity index (χ0v) is 19.0. The van der Waals surface area contributed by atoms with Crippen LogP contribution in [-0.2, 0) is 0 Å². The predicted octanol–water partition coefficient (Wildman–Crippen LogP) is 1.61. The number of benzene rings is 1. The number of nitrogens with zero attached hydrogens (tertiary/aromatic N) is 6. The van der Waals surface area contributed by atoms with Crippen LogP contribution in [0.2, 0.25) is 0 Å². The van der Waals surface area contributed by atoms with Crippen molar-refractivity contribution in [2.24, 2.45) is 0 Å². The zero-order valence-electron chi connectivity index (χ0n) is 19.0. The summed E-state index contributed by atoms with van der Waals surface area (Å²) >= 11 is 0. The number of likely N-dealkylation sites (N-methyl/N-ethyl adjacent to an activating group) is 1. The highest BCUT2D eigenvalue weighted by molar-refractivity contribution is 5.93. The van der Waals surface area contributed by atoms with E-state index in [1.807, 2.05) is 13.0 Å². The summed E-state index contributed by atoms with van der Waals surface area (Å²) in [7, 11) is 2.14. The van der Waals surface area contributed by atoms with Crippen LogP contribution in [0.1, 0.15) is 16.2 Å². The van der Waals surface area contributed by atoms with Gasteiger partial charge in [0.1, 0.15) is 11.4 Å². The lowest BCUT2D eigenvalue weighted by Crippen LogP contribution is -2.49. The van der Waals surface area contributed by atoms with E-state index < -0.39 is 0 Å². The van der Waals surface area contributed by atoms with Gasteiger partial charge in [-0.05, 0) is 26.1 Å². The number of anilines is 2. The first kappa shape index (κ1) is 21.4. The minimum absolute atomic E-state index is 0.0799. The molecule has 33 heavy (non-hydrogen) atoms. The molecule has 0 bridgehead atoms. The smallest absolute Gasteiger partial charge is 0.289 e. The molecule has 5 rings (SSSR count). The minimum Gasteiger partial charge on any atom is -0.451 e. The second-order valence-electron chi connectivity index (χ2n) is 8.71. The number of fused-ring (bicyclic) bond motifs is 1. The van der Waals surface area contributed by atoms with Crippen molar-refractivity contribution >= 4 is 28.6 Å². The number of piperazine rings is 2. The summed E-state index contributed by atoms with van der Waals surface area (Å²) in [5.41, 5.74) is 1.16. The third-order valence-electron chi connectivity index (χ3n) is 6.35. The standard InChI is InChI=1S/C24H28N6O3/c1-17-15-22(28-9-7-27(2)8-10-28)26-24(25-17)30-13-11-29(12-14-30)23(32)21-16-19(31)18-5-3-4-6-20(18)33-21/h3-6,15-16H,7-14H2,1-2H3. The van der Waals surface area contributed by atoms with E-state index in [4.69, 9.17) is 9.40 Å². The molecular formula is C24H28N6O3. The van der Waals surface area contributed by atoms with Gasteiger partial charge in [0, 0.05) is 70.2 Å². The van der Waals surface area contributed by atoms with Crippen LogP contribution in [0.15, 0.2) is 45.6 Å². The van der Waals surface area contributed by atoms with Crippen LogP contribution >= 0.6 is 0 Å². The number of hydrogen-bond acceptors (Lipinski definition) is 8. The molecule has 1 amide bonds. The monoisotopic (exact) mass is 448 g/mol. The van der Waals surface area contributed by atoms with Gasteiger partial charge in [-0.3, -0.25) is 9.59 Å². The van der Waals surface area contributed by atoms with Crippen LogP contribution in [0.4, 0.5) is 11.8 Å². The van der Waals surface area contributed by atoms with E-state index in [2.05, 4.69) is 26.7 Å². The summed E-state index contributed by atoms with van der Waals surface area (Å²) < 4.78 is 5.74. The van der Waals surface area contributed by atoms with E-state index in [0.29, 0.717) is 43.1 Å². The molecule has 2 aromatic heterocycles. The molecule has 2 aliphatic rings. The molecule has 0 radical (unpaired) electrons. The van der Waals surface area contributed by atoms with E-state index in [9.17, 15) is 9.59 Å². The quantitative estimate of drug-likeness (QED) is 0.597. The lowest BCUT2D eigenvalue weighted by molar-refractivity contribution is 0.0714. The number of rotatable bonds is 3. The number of carbonyl (C=O) groups is 1. The Bertz CT molecular complexity index is 1230. The van der Waals surface area contributed by atoms with Crippen molar-refractivity contribution in [1.29, 1.82) is 0 Å². The average molecular weight is 449 g/mol. The third-order valence-corrected chi connectivity index (χ3v) is 6.35. The topological polar surface area (TPSA) is 86.0 Å². The van der Waals surface area contributed by atoms with Crippen LogP contribution in [-0.4, -0.2) is 85.1 Å². The SMILES string of the molecule is Cc1cc(N2CCN(C)CC2)nc(N2CCN(C(=O)c3cc(=O)c4ccccc4o3)CC2)n1. The number of aromatic nitrogens is 2. The lowest BCUT2D eigenvalue weighted by Gasteiger charge is -2.36. The van der Waals surface area contributed by atoms with Crippen LogP contribution in [0.25, 0.3) is 11.0 Å². The highest BCUT2D eigenvalue weighted by atomic mass is 16.3. The molecule has 1 aromatic carbocycles. The Morgan fingerprint density at radius 3 is 2.36 bits per heavy atom. The molecule has 4 heterocycles. The van der Waals surface area contributed by atoms with Gasteiger partial charge in [-0.2, -0.15) is 4.98 Å². The van der Waals surface area contributed by atoms with Gasteiger partial charge >= 0.3 is 0 Å². The van der Waals surface area contributed by atoms with Crippen molar-refractivity contribution in [3.63, 3.8) is 0 Å². The number of amides is 1. The van der Waals surface area contributed by atoms with Crippen molar-refractivity contribution < 1.29 is 9.21 Å². The number of aryl methyl sites for hydroxylation is 1. The van der Waals surface area contributed by atoms with Crippen molar-refractivity contribution in [2.45, 2.75) is 6.92 Å². The first-order valence-corrected chi connectivity index (χ1v) is 11.3. The van der Waals surface area contributed by atoms with Gasteiger partial charge in [-0.15, -0.1) is 0 Å². The molecule has 9 nitrogen and oxygen atoms in total.